The molecule has 2 aliphatic heterocycles. The van der Waals surface area contributed by atoms with Gasteiger partial charge >= 0.3 is 0 Å². The van der Waals surface area contributed by atoms with Crippen molar-refractivity contribution in [2.24, 2.45) is 7.05 Å². The minimum atomic E-state index is -3.36. The molecular weight excluding hydrogens is 418 g/mol. The highest BCUT2D eigenvalue weighted by Gasteiger charge is 2.27. The van der Waals surface area contributed by atoms with Gasteiger partial charge in [-0.2, -0.15) is 0 Å². The number of anilines is 2. The maximum atomic E-state index is 12.8. The molecule has 5 rings (SSSR count). The molecule has 0 bridgehead atoms. The maximum Gasteiger partial charge on any atom is 0.264 e. The molecule has 1 N–H and O–H groups in total. The van der Waals surface area contributed by atoms with E-state index in [-0.39, 0.29) is 17.4 Å². The van der Waals surface area contributed by atoms with Crippen LogP contribution >= 0.6 is 0 Å². The topological polar surface area (TPSA) is 106 Å². The molecule has 0 amide bonds. The second kappa shape index (κ2) is 7.31. The molecule has 0 aliphatic carbocycles. The Morgan fingerprint density at radius 1 is 1.23 bits per heavy atom. The van der Waals surface area contributed by atoms with E-state index in [4.69, 9.17) is 9.72 Å². The highest BCUT2D eigenvalue weighted by atomic mass is 32.2. The van der Waals surface area contributed by atoms with Crippen LogP contribution in [-0.4, -0.2) is 61.6 Å². The third-order valence-electron chi connectivity index (χ3n) is 5.87. The molecule has 0 spiro atoms. The van der Waals surface area contributed by atoms with Gasteiger partial charge in [-0.1, -0.05) is 6.07 Å². The zero-order chi connectivity index (χ0) is 21.8. The number of benzene rings is 1. The van der Waals surface area contributed by atoms with E-state index in [0.29, 0.717) is 58.3 Å². The van der Waals surface area contributed by atoms with Gasteiger partial charge in [0.05, 0.1) is 46.5 Å². The van der Waals surface area contributed by atoms with Crippen LogP contribution < -0.4 is 15.8 Å². The summed E-state index contributed by atoms with van der Waals surface area (Å²) < 4.78 is 32.2. The molecule has 1 saturated heterocycles. The molecule has 1 unspecified atom stereocenters. The predicted molar refractivity (Wildman–Crippen MR) is 118 cm³/mol. The molecule has 10 heteroatoms. The average Bonchev–Trinajstić information content (AvgIpc) is 3.26. The first kappa shape index (κ1) is 20.0. The van der Waals surface area contributed by atoms with E-state index in [0.717, 1.165) is 6.42 Å². The molecule has 1 aromatic carbocycles. The SMILES string of the molecule is CN1CCS(=O)(=O)c2cc(-c3cc4ncn(C)c(=O)c4c(NC4CCOC4)n3)ccc21. The number of hydrogen-bond acceptors (Lipinski definition) is 8. The van der Waals surface area contributed by atoms with Gasteiger partial charge in [0.2, 0.25) is 0 Å². The van der Waals surface area contributed by atoms with Crippen LogP contribution in [0.5, 0.6) is 0 Å². The van der Waals surface area contributed by atoms with E-state index in [1.807, 2.05) is 24.1 Å². The summed E-state index contributed by atoms with van der Waals surface area (Å²) in [5.41, 5.74) is 2.21. The van der Waals surface area contributed by atoms with E-state index in [2.05, 4.69) is 10.3 Å². The Kier molecular flexibility index (Phi) is 4.71. The Bertz CT molecular complexity index is 1350. The maximum absolute atomic E-state index is 12.8. The molecule has 1 atom stereocenters. The second-order valence-electron chi connectivity index (χ2n) is 8.04. The zero-order valence-electron chi connectivity index (χ0n) is 17.3. The fraction of sp³-hybridized carbons (Fsp3) is 0.381. The lowest BCUT2D eigenvalue weighted by Gasteiger charge is -2.27. The van der Waals surface area contributed by atoms with Crippen LogP contribution in [0.2, 0.25) is 0 Å². The lowest BCUT2D eigenvalue weighted by Crippen LogP contribution is -2.32. The smallest absolute Gasteiger partial charge is 0.264 e. The van der Waals surface area contributed by atoms with Gasteiger partial charge in [-0.15, -0.1) is 0 Å². The standard InChI is InChI=1S/C21H23N5O4S/c1-25-6-8-31(28,29)18-9-13(3-4-17(18)25)15-10-16-19(21(27)26(2)12-22-16)20(24-15)23-14-5-7-30-11-14/h3-4,9-10,12,14H,5-8,11H2,1-2H3,(H,23,24). The third kappa shape index (κ3) is 3.45. The summed E-state index contributed by atoms with van der Waals surface area (Å²) in [6.45, 7) is 1.66. The Hall–Kier alpha value is -2.98. The minimum Gasteiger partial charge on any atom is -0.379 e. The first-order valence-corrected chi connectivity index (χ1v) is 11.8. The summed E-state index contributed by atoms with van der Waals surface area (Å²) in [6, 6.07) is 7.11. The molecule has 162 valence electrons. The zero-order valence-corrected chi connectivity index (χ0v) is 18.1. The van der Waals surface area contributed by atoms with Crippen molar-refractivity contribution in [3.8, 4) is 11.3 Å². The quantitative estimate of drug-likeness (QED) is 0.651. The van der Waals surface area contributed by atoms with Gasteiger partial charge in [0.1, 0.15) is 11.2 Å². The number of aryl methyl sites for hydroxylation is 1. The number of rotatable bonds is 3. The third-order valence-corrected chi connectivity index (χ3v) is 7.59. The second-order valence-corrected chi connectivity index (χ2v) is 10.1. The molecule has 9 nitrogen and oxygen atoms in total. The highest BCUT2D eigenvalue weighted by Crippen LogP contribution is 2.34. The summed E-state index contributed by atoms with van der Waals surface area (Å²) in [5, 5.41) is 3.74. The van der Waals surface area contributed by atoms with Crippen LogP contribution in [0.15, 0.2) is 40.3 Å². The van der Waals surface area contributed by atoms with E-state index in [9.17, 15) is 13.2 Å². The number of ether oxygens (including phenoxy) is 1. The van der Waals surface area contributed by atoms with Crippen LogP contribution in [0.4, 0.5) is 11.5 Å². The van der Waals surface area contributed by atoms with E-state index >= 15 is 0 Å². The highest BCUT2D eigenvalue weighted by molar-refractivity contribution is 7.91. The van der Waals surface area contributed by atoms with Crippen LogP contribution in [0.25, 0.3) is 22.2 Å². The molecule has 0 radical (unpaired) electrons. The number of nitrogens with one attached hydrogen (secondary N) is 1. The summed E-state index contributed by atoms with van der Waals surface area (Å²) in [5.74, 6) is 0.520. The molecule has 2 aromatic heterocycles. The summed E-state index contributed by atoms with van der Waals surface area (Å²) >= 11 is 0. The Morgan fingerprint density at radius 3 is 2.84 bits per heavy atom. The van der Waals surface area contributed by atoms with Gasteiger partial charge in [-0.3, -0.25) is 4.79 Å². The van der Waals surface area contributed by atoms with Crippen molar-refractivity contribution in [3.05, 3.63) is 40.9 Å². The molecule has 31 heavy (non-hydrogen) atoms. The van der Waals surface area contributed by atoms with Gasteiger partial charge in [0.25, 0.3) is 5.56 Å². The van der Waals surface area contributed by atoms with E-state index in [1.165, 1.54) is 10.9 Å². The van der Waals surface area contributed by atoms with Gasteiger partial charge < -0.3 is 19.5 Å². The van der Waals surface area contributed by atoms with Crippen LogP contribution in [0.1, 0.15) is 6.42 Å². The van der Waals surface area contributed by atoms with Crippen molar-refractivity contribution in [1.29, 1.82) is 0 Å². The summed E-state index contributed by atoms with van der Waals surface area (Å²) in [4.78, 5) is 24.2. The van der Waals surface area contributed by atoms with E-state index in [1.54, 1.807) is 19.2 Å². The molecular formula is C21H23N5O4S. The minimum absolute atomic E-state index is 0.0495. The Labute approximate surface area is 179 Å². The van der Waals surface area contributed by atoms with Crippen LogP contribution in [0.3, 0.4) is 0 Å². The fourth-order valence-corrected chi connectivity index (χ4v) is 5.62. The number of aromatic nitrogens is 3. The lowest BCUT2D eigenvalue weighted by molar-refractivity contribution is 0.195. The summed E-state index contributed by atoms with van der Waals surface area (Å²) in [7, 11) is 0.171. The molecule has 4 heterocycles. The normalized spacial score (nSPS) is 20.1. The number of nitrogens with zero attached hydrogens (tertiary/aromatic N) is 4. The van der Waals surface area contributed by atoms with Gasteiger partial charge in [0.15, 0.2) is 9.84 Å². The number of hydrogen-bond donors (Lipinski definition) is 1. The molecule has 3 aromatic rings. The first-order valence-electron chi connectivity index (χ1n) is 10.1. The Morgan fingerprint density at radius 2 is 2.06 bits per heavy atom. The average molecular weight is 442 g/mol. The monoisotopic (exact) mass is 441 g/mol. The van der Waals surface area contributed by atoms with Gasteiger partial charge in [0, 0.05) is 32.8 Å². The first-order chi connectivity index (χ1) is 14.8. The van der Waals surface area contributed by atoms with E-state index < -0.39 is 9.84 Å². The van der Waals surface area contributed by atoms with Crippen LogP contribution in [0, 0.1) is 0 Å². The molecule has 1 fully saturated rings. The van der Waals surface area contributed by atoms with Crippen molar-refractivity contribution in [3.63, 3.8) is 0 Å². The van der Waals surface area contributed by atoms with Gasteiger partial charge in [-0.05, 0) is 24.6 Å². The largest absolute Gasteiger partial charge is 0.379 e. The van der Waals surface area contributed by atoms with Crippen LogP contribution in [-0.2, 0) is 21.6 Å². The summed E-state index contributed by atoms with van der Waals surface area (Å²) in [6.07, 6.45) is 2.29. The Balaban J connectivity index is 1.69. The molecule has 0 saturated carbocycles. The number of sulfone groups is 1. The van der Waals surface area contributed by atoms with Crippen molar-refractivity contribution < 1.29 is 13.2 Å². The number of fused-ring (bicyclic) bond motifs is 2. The van der Waals surface area contributed by atoms with Gasteiger partial charge in [-0.25, -0.2) is 18.4 Å². The fourth-order valence-electron chi connectivity index (χ4n) is 4.04. The number of pyridine rings is 1. The van der Waals surface area contributed by atoms with Crippen molar-refractivity contribution in [2.75, 3.05) is 42.8 Å². The van der Waals surface area contributed by atoms with Crippen molar-refractivity contribution >= 4 is 32.2 Å². The molecule has 2 aliphatic rings. The van der Waals surface area contributed by atoms with Crippen molar-refractivity contribution in [1.82, 2.24) is 14.5 Å². The van der Waals surface area contributed by atoms with Crippen molar-refractivity contribution in [2.45, 2.75) is 17.4 Å². The lowest BCUT2D eigenvalue weighted by atomic mass is 10.1. The predicted octanol–water partition coefficient (Wildman–Crippen LogP) is 1.42.